The highest BCUT2D eigenvalue weighted by Gasteiger charge is 2.14. The third kappa shape index (κ3) is 3.72. The zero-order valence-corrected chi connectivity index (χ0v) is 12.5. The average Bonchev–Trinajstić information content (AvgIpc) is 3.02. The molecule has 0 radical (unpaired) electrons. The van der Waals surface area contributed by atoms with Crippen molar-refractivity contribution in [3.05, 3.63) is 47.8 Å². The summed E-state index contributed by atoms with van der Waals surface area (Å²) in [7, 11) is 0. The molecule has 0 atom stereocenters. The second-order valence-corrected chi connectivity index (χ2v) is 5.52. The van der Waals surface area contributed by atoms with E-state index in [1.807, 2.05) is 13.0 Å². The number of hydrogen-bond donors (Lipinski definition) is 1. The van der Waals surface area contributed by atoms with Gasteiger partial charge in [-0.1, -0.05) is 30.3 Å². The van der Waals surface area contributed by atoms with Crippen molar-refractivity contribution >= 4 is 11.6 Å². The standard InChI is InChI=1S/C17H22N4/c1-14-19-16(13-17(20-14)21-11-5-6-12-21)18-10-9-15-7-3-2-4-8-15/h2-4,7-8,13H,5-6,9-12H2,1H3,(H,18,19,20). The first kappa shape index (κ1) is 13.9. The topological polar surface area (TPSA) is 41.1 Å². The van der Waals surface area contributed by atoms with Gasteiger partial charge in [-0.2, -0.15) is 0 Å². The predicted molar refractivity (Wildman–Crippen MR) is 86.9 cm³/mol. The second-order valence-electron chi connectivity index (χ2n) is 5.52. The molecule has 2 aromatic rings. The maximum Gasteiger partial charge on any atom is 0.134 e. The first-order valence-electron chi connectivity index (χ1n) is 7.70. The fourth-order valence-corrected chi connectivity index (χ4v) is 2.73. The fraction of sp³-hybridized carbons (Fsp3) is 0.412. The van der Waals surface area contributed by atoms with E-state index < -0.39 is 0 Å². The smallest absolute Gasteiger partial charge is 0.134 e. The quantitative estimate of drug-likeness (QED) is 0.915. The molecule has 0 amide bonds. The summed E-state index contributed by atoms with van der Waals surface area (Å²) in [6.45, 7) is 5.07. The zero-order valence-electron chi connectivity index (χ0n) is 12.5. The van der Waals surface area contributed by atoms with Crippen LogP contribution in [0, 0.1) is 6.92 Å². The molecule has 1 saturated heterocycles. The Morgan fingerprint density at radius 1 is 1.10 bits per heavy atom. The van der Waals surface area contributed by atoms with Crippen LogP contribution in [0.4, 0.5) is 11.6 Å². The van der Waals surface area contributed by atoms with Crippen molar-refractivity contribution in [3.63, 3.8) is 0 Å². The number of aryl methyl sites for hydroxylation is 1. The van der Waals surface area contributed by atoms with E-state index >= 15 is 0 Å². The van der Waals surface area contributed by atoms with Crippen LogP contribution in [0.25, 0.3) is 0 Å². The molecular weight excluding hydrogens is 260 g/mol. The maximum atomic E-state index is 4.56. The summed E-state index contributed by atoms with van der Waals surface area (Å²) in [5.74, 6) is 2.82. The van der Waals surface area contributed by atoms with Gasteiger partial charge in [-0.25, -0.2) is 9.97 Å². The van der Waals surface area contributed by atoms with E-state index in [0.29, 0.717) is 0 Å². The lowest BCUT2D eigenvalue weighted by Crippen LogP contribution is -2.20. The Morgan fingerprint density at radius 2 is 1.86 bits per heavy atom. The van der Waals surface area contributed by atoms with Gasteiger partial charge in [-0.05, 0) is 31.7 Å². The Kier molecular flexibility index (Phi) is 4.34. The number of rotatable bonds is 5. The van der Waals surface area contributed by atoms with Crippen molar-refractivity contribution in [2.75, 3.05) is 29.9 Å². The summed E-state index contributed by atoms with van der Waals surface area (Å²) in [5.41, 5.74) is 1.34. The highest BCUT2D eigenvalue weighted by molar-refractivity contribution is 5.50. The minimum absolute atomic E-state index is 0.835. The van der Waals surface area contributed by atoms with E-state index in [0.717, 1.165) is 43.5 Å². The van der Waals surface area contributed by atoms with Gasteiger partial charge in [0.1, 0.15) is 17.5 Å². The summed E-state index contributed by atoms with van der Waals surface area (Å²) in [5, 5.41) is 3.42. The monoisotopic (exact) mass is 282 g/mol. The zero-order chi connectivity index (χ0) is 14.5. The molecule has 1 fully saturated rings. The van der Waals surface area contributed by atoms with Gasteiger partial charge in [-0.15, -0.1) is 0 Å². The molecule has 4 nitrogen and oxygen atoms in total. The van der Waals surface area contributed by atoms with Crippen molar-refractivity contribution in [1.82, 2.24) is 9.97 Å². The molecular formula is C17H22N4. The fourth-order valence-electron chi connectivity index (χ4n) is 2.73. The molecule has 0 spiro atoms. The molecule has 1 N–H and O–H groups in total. The number of benzene rings is 1. The summed E-state index contributed by atoms with van der Waals surface area (Å²) >= 11 is 0. The van der Waals surface area contributed by atoms with Gasteiger partial charge in [0.15, 0.2) is 0 Å². The van der Waals surface area contributed by atoms with Gasteiger partial charge in [-0.3, -0.25) is 0 Å². The van der Waals surface area contributed by atoms with E-state index in [1.165, 1.54) is 18.4 Å². The van der Waals surface area contributed by atoms with Crippen molar-refractivity contribution in [2.24, 2.45) is 0 Å². The Hall–Kier alpha value is -2.10. The molecule has 0 unspecified atom stereocenters. The summed E-state index contributed by atoms with van der Waals surface area (Å²) in [6.07, 6.45) is 3.53. The van der Waals surface area contributed by atoms with Crippen LogP contribution >= 0.6 is 0 Å². The van der Waals surface area contributed by atoms with Crippen LogP contribution in [0.5, 0.6) is 0 Å². The number of nitrogens with one attached hydrogen (secondary N) is 1. The molecule has 2 heterocycles. The van der Waals surface area contributed by atoms with Crippen molar-refractivity contribution in [3.8, 4) is 0 Å². The van der Waals surface area contributed by atoms with Gasteiger partial charge >= 0.3 is 0 Å². The van der Waals surface area contributed by atoms with Gasteiger partial charge in [0.25, 0.3) is 0 Å². The molecule has 4 heteroatoms. The van der Waals surface area contributed by atoms with Crippen LogP contribution in [0.3, 0.4) is 0 Å². The normalized spacial score (nSPS) is 14.4. The Balaban J connectivity index is 1.62. The van der Waals surface area contributed by atoms with Gasteiger partial charge in [0, 0.05) is 25.7 Å². The number of nitrogens with zero attached hydrogens (tertiary/aromatic N) is 3. The molecule has 110 valence electrons. The molecule has 1 aliphatic heterocycles. The minimum atomic E-state index is 0.835. The Bertz CT molecular complexity index is 577. The maximum absolute atomic E-state index is 4.56. The predicted octanol–water partition coefficient (Wildman–Crippen LogP) is 3.04. The van der Waals surface area contributed by atoms with Gasteiger partial charge in [0.05, 0.1) is 0 Å². The van der Waals surface area contributed by atoms with E-state index in [2.05, 4.69) is 50.5 Å². The highest BCUT2D eigenvalue weighted by atomic mass is 15.2. The lowest BCUT2D eigenvalue weighted by atomic mass is 10.1. The lowest BCUT2D eigenvalue weighted by Gasteiger charge is -2.17. The first-order chi connectivity index (χ1) is 10.3. The molecule has 0 bridgehead atoms. The summed E-state index contributed by atoms with van der Waals surface area (Å²) in [4.78, 5) is 11.4. The van der Waals surface area contributed by atoms with E-state index in [-0.39, 0.29) is 0 Å². The van der Waals surface area contributed by atoms with Crippen molar-refractivity contribution in [1.29, 1.82) is 0 Å². The molecule has 21 heavy (non-hydrogen) atoms. The first-order valence-corrected chi connectivity index (χ1v) is 7.70. The number of hydrogen-bond acceptors (Lipinski definition) is 4. The van der Waals surface area contributed by atoms with Crippen molar-refractivity contribution in [2.45, 2.75) is 26.2 Å². The third-order valence-corrected chi connectivity index (χ3v) is 3.82. The van der Waals surface area contributed by atoms with Crippen LogP contribution in [-0.2, 0) is 6.42 Å². The van der Waals surface area contributed by atoms with E-state index in [4.69, 9.17) is 0 Å². The highest BCUT2D eigenvalue weighted by Crippen LogP contribution is 2.20. The Morgan fingerprint density at radius 3 is 2.62 bits per heavy atom. The van der Waals surface area contributed by atoms with Crippen LogP contribution in [0.1, 0.15) is 24.2 Å². The van der Waals surface area contributed by atoms with Gasteiger partial charge in [0.2, 0.25) is 0 Å². The lowest BCUT2D eigenvalue weighted by molar-refractivity contribution is 0.905. The van der Waals surface area contributed by atoms with Gasteiger partial charge < -0.3 is 10.2 Å². The summed E-state index contributed by atoms with van der Waals surface area (Å²) < 4.78 is 0. The Labute approximate surface area is 126 Å². The van der Waals surface area contributed by atoms with E-state index in [1.54, 1.807) is 0 Å². The second kappa shape index (κ2) is 6.57. The van der Waals surface area contributed by atoms with E-state index in [9.17, 15) is 0 Å². The average molecular weight is 282 g/mol. The SMILES string of the molecule is Cc1nc(NCCc2ccccc2)cc(N2CCCC2)n1. The van der Waals surface area contributed by atoms with Crippen LogP contribution in [0.2, 0.25) is 0 Å². The molecule has 0 saturated carbocycles. The van der Waals surface area contributed by atoms with Crippen LogP contribution < -0.4 is 10.2 Å². The molecule has 1 aliphatic rings. The third-order valence-electron chi connectivity index (χ3n) is 3.82. The number of aromatic nitrogens is 2. The summed E-state index contributed by atoms with van der Waals surface area (Å²) in [6, 6.07) is 12.6. The molecule has 3 rings (SSSR count). The van der Waals surface area contributed by atoms with Crippen LogP contribution in [0.15, 0.2) is 36.4 Å². The molecule has 0 aliphatic carbocycles. The van der Waals surface area contributed by atoms with Crippen molar-refractivity contribution < 1.29 is 0 Å². The number of anilines is 2. The molecule has 1 aromatic heterocycles. The van der Waals surface area contributed by atoms with Crippen LogP contribution in [-0.4, -0.2) is 29.6 Å². The minimum Gasteiger partial charge on any atom is -0.370 e. The molecule has 1 aromatic carbocycles. The largest absolute Gasteiger partial charge is 0.370 e.